The van der Waals surface area contributed by atoms with Crippen molar-refractivity contribution in [3.8, 4) is 11.1 Å². The molecule has 1 fully saturated rings. The molecule has 2 atom stereocenters. The van der Waals surface area contributed by atoms with E-state index in [0.29, 0.717) is 41.4 Å². The third-order valence-electron chi connectivity index (χ3n) is 7.04. The quantitative estimate of drug-likeness (QED) is 0.299. The molecule has 194 valence electrons. The van der Waals surface area contributed by atoms with E-state index in [9.17, 15) is 15.0 Å². The van der Waals surface area contributed by atoms with Crippen LogP contribution in [0.1, 0.15) is 28.9 Å². The highest BCUT2D eigenvalue weighted by Gasteiger charge is 2.29. The number of halogens is 1. The summed E-state index contributed by atoms with van der Waals surface area (Å²) in [6.07, 6.45) is 0.0736. The highest BCUT2D eigenvalue weighted by Crippen LogP contribution is 2.43. The lowest BCUT2D eigenvalue weighted by atomic mass is 9.92. The van der Waals surface area contributed by atoms with Crippen LogP contribution in [0, 0.1) is 6.92 Å². The van der Waals surface area contributed by atoms with Crippen molar-refractivity contribution in [2.45, 2.75) is 19.1 Å². The Bertz CT molecular complexity index is 1680. The molecule has 5 aromatic rings. The fraction of sp³-hybridized carbons (Fsp3) is 0.250. The molecule has 0 radical (unpaired) electrons. The number of aromatic nitrogens is 3. The second kappa shape index (κ2) is 9.67. The lowest BCUT2D eigenvalue weighted by Gasteiger charge is -2.33. The number of aliphatic hydroxyl groups is 1. The van der Waals surface area contributed by atoms with Gasteiger partial charge in [0.25, 0.3) is 0 Å². The molecule has 1 aliphatic heterocycles. The molecule has 3 aromatic carbocycles. The van der Waals surface area contributed by atoms with Crippen LogP contribution in [-0.4, -0.2) is 50.6 Å². The molecule has 1 aliphatic rings. The summed E-state index contributed by atoms with van der Waals surface area (Å²) in [6.45, 7) is 3.67. The average molecular weight is 549 g/mol. The summed E-state index contributed by atoms with van der Waals surface area (Å²) in [5.41, 5.74) is 5.39. The molecule has 10 heteroatoms. The maximum Gasteiger partial charge on any atom is 0.337 e. The van der Waals surface area contributed by atoms with Crippen molar-refractivity contribution >= 4 is 55.2 Å². The third kappa shape index (κ3) is 4.31. The molecule has 0 amide bonds. The van der Waals surface area contributed by atoms with Crippen molar-refractivity contribution in [3.63, 3.8) is 0 Å². The van der Waals surface area contributed by atoms with Gasteiger partial charge >= 0.3 is 5.97 Å². The molecule has 6 rings (SSSR count). The average Bonchev–Trinajstić information content (AvgIpc) is 3.51. The molecule has 8 nitrogen and oxygen atoms in total. The van der Waals surface area contributed by atoms with Gasteiger partial charge in [-0.1, -0.05) is 41.1 Å². The number of aliphatic hydroxyl groups excluding tert-OH is 1. The maximum atomic E-state index is 11.8. The number of ether oxygens (including phenoxy) is 1. The fourth-order valence-corrected chi connectivity index (χ4v) is 6.41. The largest absolute Gasteiger partial charge is 0.479 e. The highest BCUT2D eigenvalue weighted by molar-refractivity contribution is 7.22. The van der Waals surface area contributed by atoms with Crippen LogP contribution in [0.15, 0.2) is 54.7 Å². The minimum atomic E-state index is -1.66. The second-order valence-electron chi connectivity index (χ2n) is 9.47. The van der Waals surface area contributed by atoms with Crippen molar-refractivity contribution in [1.29, 1.82) is 0 Å². The van der Waals surface area contributed by atoms with Crippen LogP contribution in [0.5, 0.6) is 0 Å². The van der Waals surface area contributed by atoms with Gasteiger partial charge in [0.15, 0.2) is 11.2 Å². The number of thiazole rings is 1. The first-order valence-electron chi connectivity index (χ1n) is 12.2. The van der Waals surface area contributed by atoms with Gasteiger partial charge < -0.3 is 19.8 Å². The molecular weight excluding hydrogens is 524 g/mol. The van der Waals surface area contributed by atoms with E-state index < -0.39 is 12.1 Å². The van der Waals surface area contributed by atoms with Gasteiger partial charge in [0.1, 0.15) is 6.10 Å². The molecule has 0 spiro atoms. The normalized spacial score (nSPS) is 16.8. The van der Waals surface area contributed by atoms with Crippen molar-refractivity contribution in [1.82, 2.24) is 14.8 Å². The van der Waals surface area contributed by atoms with Crippen molar-refractivity contribution in [3.05, 3.63) is 76.4 Å². The summed E-state index contributed by atoms with van der Waals surface area (Å²) < 4.78 is 8.82. The Hall–Kier alpha value is -3.50. The van der Waals surface area contributed by atoms with Gasteiger partial charge in [0.05, 0.1) is 35.1 Å². The number of carbonyl (C=O) groups is 1. The molecular formula is C28H25ClN4O4S. The number of aliphatic carboxylic acids is 1. The predicted molar refractivity (Wildman–Crippen MR) is 149 cm³/mol. The minimum Gasteiger partial charge on any atom is -0.479 e. The van der Waals surface area contributed by atoms with E-state index in [2.05, 4.69) is 28.2 Å². The number of morpholine rings is 1. The zero-order valence-electron chi connectivity index (χ0n) is 20.8. The van der Waals surface area contributed by atoms with Gasteiger partial charge in [0, 0.05) is 35.1 Å². The Morgan fingerprint density at radius 2 is 2.00 bits per heavy atom. The smallest absolute Gasteiger partial charge is 0.337 e. The van der Waals surface area contributed by atoms with Crippen LogP contribution >= 0.6 is 22.9 Å². The molecule has 2 unspecified atom stereocenters. The van der Waals surface area contributed by atoms with E-state index in [-0.39, 0.29) is 6.10 Å². The Morgan fingerprint density at radius 3 is 2.76 bits per heavy atom. The zero-order chi connectivity index (χ0) is 26.6. The van der Waals surface area contributed by atoms with E-state index in [1.54, 1.807) is 19.1 Å². The topological polar surface area (TPSA) is 101 Å². The van der Waals surface area contributed by atoms with Crippen LogP contribution in [0.2, 0.25) is 5.02 Å². The molecule has 2 N–H and O–H groups in total. The number of rotatable bonds is 5. The van der Waals surface area contributed by atoms with Crippen LogP contribution in [0.25, 0.3) is 32.2 Å². The monoisotopic (exact) mass is 548 g/mol. The zero-order valence-corrected chi connectivity index (χ0v) is 22.3. The molecule has 2 aromatic heterocycles. The number of carboxylic acids is 1. The lowest BCUT2D eigenvalue weighted by molar-refractivity contribution is -0.146. The molecule has 38 heavy (non-hydrogen) atoms. The van der Waals surface area contributed by atoms with E-state index in [1.165, 1.54) is 11.3 Å². The fourth-order valence-electron chi connectivity index (χ4n) is 5.12. The first kappa shape index (κ1) is 24.8. The van der Waals surface area contributed by atoms with Gasteiger partial charge in [0.2, 0.25) is 0 Å². The van der Waals surface area contributed by atoms with Crippen LogP contribution < -0.4 is 4.90 Å². The van der Waals surface area contributed by atoms with Crippen LogP contribution in [0.3, 0.4) is 0 Å². The summed E-state index contributed by atoms with van der Waals surface area (Å²) in [5, 5.41) is 27.1. The second-order valence-corrected chi connectivity index (χ2v) is 10.9. The Balaban J connectivity index is 1.41. The summed E-state index contributed by atoms with van der Waals surface area (Å²) in [7, 11) is 1.93. The number of carboxylic acid groups (broad SMARTS) is 1. The third-order valence-corrected chi connectivity index (χ3v) is 8.44. The first-order valence-corrected chi connectivity index (χ1v) is 13.4. The summed E-state index contributed by atoms with van der Waals surface area (Å²) in [5.74, 6) is -1.30. The molecule has 0 bridgehead atoms. The van der Waals surface area contributed by atoms with Gasteiger partial charge in [-0.05, 0) is 53.9 Å². The van der Waals surface area contributed by atoms with Gasteiger partial charge in [-0.15, -0.1) is 0 Å². The SMILES string of the molecule is Cc1cc2nc(N3CCOC(c4ccc5c(cnn5C)c4)C3)sc2c(-c2ccc(Cl)cc2)c1C(O)C(=O)O. The van der Waals surface area contributed by atoms with E-state index in [0.717, 1.165) is 37.4 Å². The van der Waals surface area contributed by atoms with Gasteiger partial charge in [-0.25, -0.2) is 9.78 Å². The molecule has 3 heterocycles. The van der Waals surface area contributed by atoms with Gasteiger partial charge in [-0.2, -0.15) is 5.10 Å². The minimum absolute atomic E-state index is 0.123. The molecule has 0 saturated carbocycles. The standard InChI is InChI=1S/C28H25ClN4O4S/c1-15-11-20-26(24(23(15)25(34)27(35)36)16-3-6-19(29)7-4-16)38-28(31-20)33-9-10-37-22(14-33)17-5-8-21-18(12-17)13-30-32(21)2/h3-8,11-13,22,25,34H,9-10,14H2,1-2H3,(H,35,36). The van der Waals surface area contributed by atoms with Crippen molar-refractivity contribution in [2.75, 3.05) is 24.6 Å². The van der Waals surface area contributed by atoms with Crippen molar-refractivity contribution in [2.24, 2.45) is 7.05 Å². The lowest BCUT2D eigenvalue weighted by Crippen LogP contribution is -2.38. The highest BCUT2D eigenvalue weighted by atomic mass is 35.5. The van der Waals surface area contributed by atoms with Crippen molar-refractivity contribution < 1.29 is 19.7 Å². The molecule has 1 saturated heterocycles. The predicted octanol–water partition coefficient (Wildman–Crippen LogP) is 5.51. The Kier molecular flexibility index (Phi) is 6.31. The number of anilines is 1. The van der Waals surface area contributed by atoms with E-state index in [1.807, 2.05) is 36.1 Å². The van der Waals surface area contributed by atoms with Crippen LogP contribution in [-0.2, 0) is 16.6 Å². The van der Waals surface area contributed by atoms with E-state index >= 15 is 0 Å². The molecule has 0 aliphatic carbocycles. The Morgan fingerprint density at radius 1 is 1.21 bits per heavy atom. The summed E-state index contributed by atoms with van der Waals surface area (Å²) in [6, 6.07) is 15.3. The van der Waals surface area contributed by atoms with Crippen LogP contribution in [0.4, 0.5) is 5.13 Å². The summed E-state index contributed by atoms with van der Waals surface area (Å²) >= 11 is 7.62. The Labute approximate surface area is 227 Å². The first-order chi connectivity index (χ1) is 18.3. The number of hydrogen-bond acceptors (Lipinski definition) is 7. The van der Waals surface area contributed by atoms with Gasteiger partial charge in [-0.3, -0.25) is 4.68 Å². The number of benzene rings is 3. The van der Waals surface area contributed by atoms with E-state index in [4.69, 9.17) is 21.3 Å². The number of nitrogens with zero attached hydrogens (tertiary/aromatic N) is 4. The number of fused-ring (bicyclic) bond motifs is 2. The summed E-state index contributed by atoms with van der Waals surface area (Å²) in [4.78, 5) is 19.0. The number of hydrogen-bond donors (Lipinski definition) is 2. The number of aryl methyl sites for hydroxylation is 2. The maximum absolute atomic E-state index is 11.8.